The zero-order valence-electron chi connectivity index (χ0n) is 15.1. The van der Waals surface area contributed by atoms with Crippen molar-refractivity contribution in [1.29, 1.82) is 0 Å². The van der Waals surface area contributed by atoms with Gasteiger partial charge in [0.15, 0.2) is 0 Å². The molecule has 0 radical (unpaired) electrons. The summed E-state index contributed by atoms with van der Waals surface area (Å²) in [6, 6.07) is 1.60. The van der Waals surface area contributed by atoms with E-state index in [1.807, 2.05) is 0 Å². The molecule has 2 unspecified atom stereocenters. The second-order valence-corrected chi connectivity index (χ2v) is 7.50. The minimum Gasteiger partial charge on any atom is -0.481 e. The number of carboxylic acids is 2. The Hall–Kier alpha value is -2.64. The van der Waals surface area contributed by atoms with Crippen LogP contribution in [0.3, 0.4) is 0 Å². The fourth-order valence-corrected chi connectivity index (χ4v) is 3.77. The Kier molecular flexibility index (Phi) is 4.64. The molecule has 1 aromatic carbocycles. The van der Waals surface area contributed by atoms with Crippen LogP contribution in [-0.4, -0.2) is 22.2 Å². The molecule has 2 atom stereocenters. The lowest BCUT2D eigenvalue weighted by atomic mass is 9.64. The fraction of sp³-hybridized carbons (Fsp3) is 0.400. The van der Waals surface area contributed by atoms with Gasteiger partial charge in [-0.25, -0.2) is 9.18 Å². The maximum absolute atomic E-state index is 15.0. The first-order valence-corrected chi connectivity index (χ1v) is 8.65. The number of aryl methyl sites for hydroxylation is 1. The summed E-state index contributed by atoms with van der Waals surface area (Å²) in [7, 11) is 0. The van der Waals surface area contributed by atoms with E-state index in [2.05, 4.69) is 0 Å². The van der Waals surface area contributed by atoms with Gasteiger partial charge in [0.25, 0.3) is 0 Å². The predicted octanol–water partition coefficient (Wildman–Crippen LogP) is 4.69. The number of halogens is 4. The first-order valence-electron chi connectivity index (χ1n) is 8.65. The van der Waals surface area contributed by atoms with E-state index in [0.29, 0.717) is 11.6 Å². The number of alkyl halides is 3. The second kappa shape index (κ2) is 6.46. The highest BCUT2D eigenvalue weighted by molar-refractivity contribution is 5.94. The molecule has 3 rings (SSSR count). The summed E-state index contributed by atoms with van der Waals surface area (Å²) in [4.78, 5) is 24.0. The standard InChI is InChI=1S/C20H18F4O4/c1-9-3-6-13(20(22,23)24)14(16(9)21)15-12(17(25)26)7-11(10-4-5-10)8-19(15,2)18(27)28/h3,6-8,10,15H,4-5H2,1-2H3,(H,25,26)(H,27,28). The van der Waals surface area contributed by atoms with Crippen molar-refractivity contribution < 1.29 is 37.4 Å². The molecule has 0 saturated heterocycles. The van der Waals surface area contributed by atoms with Crippen LogP contribution < -0.4 is 0 Å². The van der Waals surface area contributed by atoms with Gasteiger partial charge in [0, 0.05) is 17.1 Å². The molecule has 1 saturated carbocycles. The Morgan fingerprint density at radius 3 is 2.25 bits per heavy atom. The average Bonchev–Trinajstić information content (AvgIpc) is 3.40. The third-order valence-corrected chi connectivity index (χ3v) is 5.42. The predicted molar refractivity (Wildman–Crippen MR) is 91.1 cm³/mol. The quantitative estimate of drug-likeness (QED) is 0.722. The maximum atomic E-state index is 15.0. The van der Waals surface area contributed by atoms with Crippen molar-refractivity contribution in [3.63, 3.8) is 0 Å². The summed E-state index contributed by atoms with van der Waals surface area (Å²) in [5.74, 6) is -6.20. The van der Waals surface area contributed by atoms with Gasteiger partial charge in [-0.3, -0.25) is 4.79 Å². The fourth-order valence-electron chi connectivity index (χ4n) is 3.77. The number of carbonyl (C=O) groups is 2. The Morgan fingerprint density at radius 1 is 1.18 bits per heavy atom. The minimum absolute atomic E-state index is 0.0292. The molecule has 0 heterocycles. The van der Waals surface area contributed by atoms with Gasteiger partial charge in [-0.1, -0.05) is 12.1 Å². The molecule has 28 heavy (non-hydrogen) atoms. The summed E-state index contributed by atoms with van der Waals surface area (Å²) in [5, 5.41) is 19.5. The number of hydrogen-bond donors (Lipinski definition) is 2. The van der Waals surface area contributed by atoms with Crippen LogP contribution in [0.4, 0.5) is 17.6 Å². The maximum Gasteiger partial charge on any atom is 0.416 e. The molecule has 2 aliphatic rings. The zero-order chi connectivity index (χ0) is 21.0. The van der Waals surface area contributed by atoms with E-state index in [0.717, 1.165) is 25.8 Å². The summed E-state index contributed by atoms with van der Waals surface area (Å²) in [6.07, 6.45) is -1.01. The van der Waals surface area contributed by atoms with Crippen molar-refractivity contribution in [2.24, 2.45) is 11.3 Å². The van der Waals surface area contributed by atoms with E-state index in [9.17, 15) is 37.4 Å². The molecule has 1 aromatic rings. The van der Waals surface area contributed by atoms with Gasteiger partial charge in [-0.15, -0.1) is 0 Å². The largest absolute Gasteiger partial charge is 0.481 e. The number of rotatable bonds is 4. The summed E-state index contributed by atoms with van der Waals surface area (Å²) >= 11 is 0. The van der Waals surface area contributed by atoms with Crippen molar-refractivity contribution >= 4 is 11.9 Å². The zero-order valence-corrected chi connectivity index (χ0v) is 15.1. The Bertz CT molecular complexity index is 925. The van der Waals surface area contributed by atoms with Crippen molar-refractivity contribution in [3.05, 3.63) is 57.9 Å². The molecule has 1 fully saturated rings. The number of hydrogen-bond acceptors (Lipinski definition) is 2. The van der Waals surface area contributed by atoms with Gasteiger partial charge < -0.3 is 10.2 Å². The molecule has 4 nitrogen and oxygen atoms in total. The van der Waals surface area contributed by atoms with E-state index in [-0.39, 0.29) is 11.5 Å². The van der Waals surface area contributed by atoms with Crippen LogP contribution in [0.1, 0.15) is 42.4 Å². The SMILES string of the molecule is Cc1ccc(C(F)(F)F)c(C2C(C(=O)O)=CC(C3CC3)=CC2(C)C(=O)O)c1F. The Balaban J connectivity index is 2.36. The van der Waals surface area contributed by atoms with E-state index in [1.165, 1.54) is 19.1 Å². The van der Waals surface area contributed by atoms with Crippen LogP contribution >= 0.6 is 0 Å². The highest BCUT2D eigenvalue weighted by atomic mass is 19.4. The van der Waals surface area contributed by atoms with E-state index < -0.39 is 52.0 Å². The lowest BCUT2D eigenvalue weighted by Gasteiger charge is -2.37. The van der Waals surface area contributed by atoms with Gasteiger partial charge in [-0.2, -0.15) is 13.2 Å². The van der Waals surface area contributed by atoms with E-state index in [1.54, 1.807) is 0 Å². The van der Waals surface area contributed by atoms with Crippen LogP contribution in [0, 0.1) is 24.1 Å². The molecular formula is C20H18F4O4. The molecule has 8 heteroatoms. The summed E-state index contributed by atoms with van der Waals surface area (Å²) < 4.78 is 55.8. The molecular weight excluding hydrogens is 380 g/mol. The monoisotopic (exact) mass is 398 g/mol. The van der Waals surface area contributed by atoms with Gasteiger partial charge in [-0.05, 0) is 55.9 Å². The van der Waals surface area contributed by atoms with Crippen molar-refractivity contribution in [2.75, 3.05) is 0 Å². The third-order valence-electron chi connectivity index (χ3n) is 5.42. The van der Waals surface area contributed by atoms with Crippen LogP contribution in [0.5, 0.6) is 0 Å². The van der Waals surface area contributed by atoms with Gasteiger partial charge >= 0.3 is 18.1 Å². The molecule has 0 bridgehead atoms. The van der Waals surface area contributed by atoms with E-state index >= 15 is 0 Å². The lowest BCUT2D eigenvalue weighted by molar-refractivity contribution is -0.148. The molecule has 0 aromatic heterocycles. The number of carboxylic acid groups (broad SMARTS) is 2. The molecule has 2 aliphatic carbocycles. The molecule has 150 valence electrons. The number of benzene rings is 1. The second-order valence-electron chi connectivity index (χ2n) is 7.50. The van der Waals surface area contributed by atoms with Gasteiger partial charge in [0.05, 0.1) is 11.0 Å². The molecule has 2 N–H and O–H groups in total. The van der Waals surface area contributed by atoms with Crippen LogP contribution in [-0.2, 0) is 15.8 Å². The number of aliphatic carboxylic acids is 2. The average molecular weight is 398 g/mol. The molecule has 0 amide bonds. The smallest absolute Gasteiger partial charge is 0.416 e. The minimum atomic E-state index is -4.98. The van der Waals surface area contributed by atoms with Crippen molar-refractivity contribution in [3.8, 4) is 0 Å². The van der Waals surface area contributed by atoms with E-state index in [4.69, 9.17) is 0 Å². The number of allylic oxidation sites excluding steroid dienone is 2. The lowest BCUT2D eigenvalue weighted by Crippen LogP contribution is -2.39. The topological polar surface area (TPSA) is 74.6 Å². The van der Waals surface area contributed by atoms with Gasteiger partial charge in [0.2, 0.25) is 0 Å². The van der Waals surface area contributed by atoms with Gasteiger partial charge in [0.1, 0.15) is 5.82 Å². The van der Waals surface area contributed by atoms with Crippen LogP contribution in [0.2, 0.25) is 0 Å². The Labute approximate surface area is 158 Å². The summed E-state index contributed by atoms with van der Waals surface area (Å²) in [6.45, 7) is 2.38. The molecule has 0 aliphatic heterocycles. The Morgan fingerprint density at radius 2 is 1.79 bits per heavy atom. The molecule has 0 spiro atoms. The highest BCUT2D eigenvalue weighted by Crippen LogP contribution is 2.53. The van der Waals surface area contributed by atoms with Crippen LogP contribution in [0.25, 0.3) is 0 Å². The third kappa shape index (κ3) is 3.21. The highest BCUT2D eigenvalue weighted by Gasteiger charge is 2.52. The van der Waals surface area contributed by atoms with Crippen molar-refractivity contribution in [1.82, 2.24) is 0 Å². The first-order chi connectivity index (χ1) is 12.9. The van der Waals surface area contributed by atoms with Crippen molar-refractivity contribution in [2.45, 2.75) is 38.8 Å². The van der Waals surface area contributed by atoms with Crippen LogP contribution in [0.15, 0.2) is 35.4 Å². The normalized spacial score (nSPS) is 25.1. The summed E-state index contributed by atoms with van der Waals surface area (Å²) in [5.41, 5.74) is -4.59. The first kappa shape index (κ1) is 20.1.